The largest absolute Gasteiger partial charge is 0.347 e. The van der Waals surface area contributed by atoms with Crippen LogP contribution in [0.25, 0.3) is 0 Å². The third-order valence-corrected chi connectivity index (χ3v) is 3.35. The van der Waals surface area contributed by atoms with Crippen LogP contribution in [0.2, 0.25) is 0 Å². The van der Waals surface area contributed by atoms with Gasteiger partial charge >= 0.3 is 0 Å². The average molecular weight is 277 g/mol. The molecule has 0 saturated carbocycles. The molecule has 1 atom stereocenters. The molecule has 0 amide bonds. The molecule has 0 aliphatic carbocycles. The Labute approximate surface area is 116 Å². The Balaban J connectivity index is 1.97. The van der Waals surface area contributed by atoms with Gasteiger partial charge in [-0.15, -0.1) is 0 Å². The van der Waals surface area contributed by atoms with E-state index in [2.05, 4.69) is 10.1 Å². The van der Waals surface area contributed by atoms with Crippen LogP contribution in [-0.4, -0.2) is 27.2 Å². The zero-order chi connectivity index (χ0) is 14.2. The van der Waals surface area contributed by atoms with E-state index in [0.29, 0.717) is 13.2 Å². The van der Waals surface area contributed by atoms with Gasteiger partial charge in [0, 0.05) is 0 Å². The summed E-state index contributed by atoms with van der Waals surface area (Å²) in [5.74, 6) is -0.961. The molecule has 2 aromatic rings. The second-order valence-electron chi connectivity index (χ2n) is 5.38. The van der Waals surface area contributed by atoms with Crippen LogP contribution in [0.1, 0.15) is 19.4 Å². The van der Waals surface area contributed by atoms with Crippen LogP contribution >= 0.6 is 0 Å². The van der Waals surface area contributed by atoms with Crippen molar-refractivity contribution in [3.05, 3.63) is 48.3 Å². The fourth-order valence-electron chi connectivity index (χ4n) is 2.46. The molecule has 106 valence electrons. The van der Waals surface area contributed by atoms with Crippen molar-refractivity contribution < 1.29 is 13.9 Å². The lowest BCUT2D eigenvalue weighted by molar-refractivity contribution is -0.167. The van der Waals surface area contributed by atoms with Gasteiger partial charge in [0.15, 0.2) is 5.79 Å². The summed E-state index contributed by atoms with van der Waals surface area (Å²) < 4.78 is 26.6. The standard InChI is InChI=1S/C14H16FN3O2/c1-13(2)19-8-14(20-13,7-18-10-16-9-17-18)11-3-5-12(15)6-4-11/h3-6,9-10H,7-8H2,1-2H3. The second kappa shape index (κ2) is 4.64. The third kappa shape index (κ3) is 2.44. The highest BCUT2D eigenvalue weighted by Crippen LogP contribution is 2.39. The summed E-state index contributed by atoms with van der Waals surface area (Å²) in [6.45, 7) is 4.56. The molecule has 0 bridgehead atoms. The number of hydrogen-bond donors (Lipinski definition) is 0. The van der Waals surface area contributed by atoms with E-state index >= 15 is 0 Å². The van der Waals surface area contributed by atoms with Crippen molar-refractivity contribution in [2.75, 3.05) is 6.61 Å². The van der Waals surface area contributed by atoms with Crippen molar-refractivity contribution >= 4 is 0 Å². The van der Waals surface area contributed by atoms with Gasteiger partial charge in [-0.1, -0.05) is 12.1 Å². The van der Waals surface area contributed by atoms with Crippen molar-refractivity contribution in [2.24, 2.45) is 0 Å². The minimum atomic E-state index is -0.690. The van der Waals surface area contributed by atoms with Crippen LogP contribution < -0.4 is 0 Å². The van der Waals surface area contributed by atoms with Crippen LogP contribution in [0.15, 0.2) is 36.9 Å². The highest BCUT2D eigenvalue weighted by molar-refractivity contribution is 5.24. The Morgan fingerprint density at radius 3 is 2.60 bits per heavy atom. The van der Waals surface area contributed by atoms with Crippen molar-refractivity contribution in [1.82, 2.24) is 14.8 Å². The first-order valence-corrected chi connectivity index (χ1v) is 6.42. The molecule has 1 saturated heterocycles. The molecule has 0 spiro atoms. The normalized spacial score (nSPS) is 24.9. The fraction of sp³-hybridized carbons (Fsp3) is 0.429. The zero-order valence-corrected chi connectivity index (χ0v) is 11.4. The topological polar surface area (TPSA) is 49.2 Å². The molecule has 20 heavy (non-hydrogen) atoms. The number of ether oxygens (including phenoxy) is 2. The molecule has 0 radical (unpaired) electrons. The van der Waals surface area contributed by atoms with Crippen molar-refractivity contribution in [2.45, 2.75) is 31.8 Å². The van der Waals surface area contributed by atoms with Crippen LogP contribution in [0.5, 0.6) is 0 Å². The zero-order valence-electron chi connectivity index (χ0n) is 11.4. The third-order valence-electron chi connectivity index (χ3n) is 3.35. The fourth-order valence-corrected chi connectivity index (χ4v) is 2.46. The van der Waals surface area contributed by atoms with Gasteiger partial charge in [0.05, 0.1) is 13.2 Å². The Bertz CT molecular complexity index is 583. The van der Waals surface area contributed by atoms with Crippen LogP contribution in [0, 0.1) is 5.82 Å². The second-order valence-corrected chi connectivity index (χ2v) is 5.38. The minimum Gasteiger partial charge on any atom is -0.347 e. The Hall–Kier alpha value is -1.79. The number of halogens is 1. The molecule has 1 aromatic heterocycles. The summed E-state index contributed by atoms with van der Waals surface area (Å²) in [7, 11) is 0. The van der Waals surface area contributed by atoms with E-state index in [1.54, 1.807) is 23.1 Å². The number of benzene rings is 1. The van der Waals surface area contributed by atoms with E-state index in [1.807, 2.05) is 13.8 Å². The molecule has 1 aromatic carbocycles. The molecule has 6 heteroatoms. The van der Waals surface area contributed by atoms with Crippen molar-refractivity contribution in [3.8, 4) is 0 Å². The summed E-state index contributed by atoms with van der Waals surface area (Å²) >= 11 is 0. The first kappa shape index (κ1) is 13.2. The molecule has 3 rings (SSSR count). The van der Waals surface area contributed by atoms with E-state index in [-0.39, 0.29) is 5.82 Å². The molecule has 1 aliphatic heterocycles. The number of aromatic nitrogens is 3. The predicted octanol–water partition coefficient (Wildman–Crippen LogP) is 2.10. The van der Waals surface area contributed by atoms with Gasteiger partial charge in [0.25, 0.3) is 0 Å². The minimum absolute atomic E-state index is 0.275. The summed E-state index contributed by atoms with van der Waals surface area (Å²) in [5.41, 5.74) is 0.172. The summed E-state index contributed by atoms with van der Waals surface area (Å²) in [6.07, 6.45) is 3.10. The van der Waals surface area contributed by atoms with E-state index in [0.717, 1.165) is 5.56 Å². The summed E-state index contributed by atoms with van der Waals surface area (Å²) in [4.78, 5) is 3.93. The van der Waals surface area contributed by atoms with E-state index in [1.165, 1.54) is 18.5 Å². The van der Waals surface area contributed by atoms with Gasteiger partial charge < -0.3 is 9.47 Å². The maximum Gasteiger partial charge on any atom is 0.164 e. The van der Waals surface area contributed by atoms with Crippen LogP contribution in [0.4, 0.5) is 4.39 Å². The van der Waals surface area contributed by atoms with Gasteiger partial charge in [-0.05, 0) is 31.5 Å². The van der Waals surface area contributed by atoms with Gasteiger partial charge in [0.2, 0.25) is 0 Å². The lowest BCUT2D eigenvalue weighted by Crippen LogP contribution is -2.36. The molecular formula is C14H16FN3O2. The van der Waals surface area contributed by atoms with E-state index in [9.17, 15) is 4.39 Å². The first-order valence-electron chi connectivity index (χ1n) is 6.42. The van der Waals surface area contributed by atoms with Crippen LogP contribution in [-0.2, 0) is 21.6 Å². The molecule has 5 nitrogen and oxygen atoms in total. The Morgan fingerprint density at radius 2 is 2.05 bits per heavy atom. The highest BCUT2D eigenvalue weighted by Gasteiger charge is 2.47. The SMILES string of the molecule is CC1(C)OCC(Cn2cncn2)(c2ccc(F)cc2)O1. The quantitative estimate of drug-likeness (QED) is 0.862. The predicted molar refractivity (Wildman–Crippen MR) is 69.2 cm³/mol. The molecular weight excluding hydrogens is 261 g/mol. The molecule has 1 unspecified atom stereocenters. The summed E-state index contributed by atoms with van der Waals surface area (Å²) in [6, 6.07) is 6.29. The van der Waals surface area contributed by atoms with Gasteiger partial charge in [-0.25, -0.2) is 14.1 Å². The van der Waals surface area contributed by atoms with Crippen molar-refractivity contribution in [3.63, 3.8) is 0 Å². The summed E-state index contributed by atoms with van der Waals surface area (Å²) in [5, 5.41) is 4.11. The van der Waals surface area contributed by atoms with Gasteiger partial charge in [-0.2, -0.15) is 5.10 Å². The Kier molecular flexibility index (Phi) is 3.07. The molecule has 1 aliphatic rings. The lowest BCUT2D eigenvalue weighted by Gasteiger charge is -2.29. The van der Waals surface area contributed by atoms with E-state index < -0.39 is 11.4 Å². The van der Waals surface area contributed by atoms with E-state index in [4.69, 9.17) is 9.47 Å². The average Bonchev–Trinajstić information content (AvgIpc) is 2.99. The number of rotatable bonds is 3. The first-order chi connectivity index (χ1) is 9.49. The molecule has 1 fully saturated rings. The maximum atomic E-state index is 13.1. The van der Waals surface area contributed by atoms with Gasteiger partial charge in [-0.3, -0.25) is 0 Å². The van der Waals surface area contributed by atoms with Crippen molar-refractivity contribution in [1.29, 1.82) is 0 Å². The number of nitrogens with zero attached hydrogens (tertiary/aromatic N) is 3. The highest BCUT2D eigenvalue weighted by atomic mass is 19.1. The van der Waals surface area contributed by atoms with Crippen LogP contribution in [0.3, 0.4) is 0 Å². The monoisotopic (exact) mass is 277 g/mol. The molecule has 0 N–H and O–H groups in total. The van der Waals surface area contributed by atoms with Gasteiger partial charge in [0.1, 0.15) is 24.1 Å². The lowest BCUT2D eigenvalue weighted by atomic mass is 9.94. The number of hydrogen-bond acceptors (Lipinski definition) is 4. The Morgan fingerprint density at radius 1 is 1.30 bits per heavy atom. The smallest absolute Gasteiger partial charge is 0.164 e. The molecule has 2 heterocycles. The maximum absolute atomic E-state index is 13.1.